The molecule has 2 aromatic carbocycles. The van der Waals surface area contributed by atoms with E-state index in [1.54, 1.807) is 29.2 Å². The lowest BCUT2D eigenvalue weighted by atomic mass is 10.1. The molecule has 0 saturated carbocycles. The predicted molar refractivity (Wildman–Crippen MR) is 128 cm³/mol. The van der Waals surface area contributed by atoms with Crippen molar-refractivity contribution in [1.29, 1.82) is 0 Å². The number of nitrogens with two attached hydrogens (primary N) is 1. The number of benzene rings is 2. The third-order valence-electron chi connectivity index (χ3n) is 6.36. The van der Waals surface area contributed by atoms with Crippen LogP contribution in [0.4, 0.5) is 26.2 Å². The zero-order valence-electron chi connectivity index (χ0n) is 19.3. The number of cyclic esters (lactones) is 1. The van der Waals surface area contributed by atoms with Gasteiger partial charge in [0.05, 0.1) is 22.8 Å². The maximum Gasteiger partial charge on any atom is 0.414 e. The lowest BCUT2D eigenvalue weighted by Crippen LogP contribution is -2.49. The summed E-state index contributed by atoms with van der Waals surface area (Å²) in [6.45, 7) is 2.50. The molecule has 4 rings (SSSR count). The highest BCUT2D eigenvalue weighted by atomic mass is 19.1. The number of piperazine rings is 1. The van der Waals surface area contributed by atoms with E-state index in [1.807, 2.05) is 4.90 Å². The number of ether oxygens (including phenoxy) is 1. The van der Waals surface area contributed by atoms with Gasteiger partial charge in [0, 0.05) is 51.3 Å². The molecule has 10 nitrogen and oxygen atoms in total. The predicted octanol–water partition coefficient (Wildman–Crippen LogP) is 2.69. The van der Waals surface area contributed by atoms with Crippen molar-refractivity contribution in [2.75, 3.05) is 49.1 Å². The summed E-state index contributed by atoms with van der Waals surface area (Å²) in [5, 5.41) is 10.7. The molecule has 0 radical (unpaired) electrons. The Labute approximate surface area is 202 Å². The molecule has 35 heavy (non-hydrogen) atoms. The number of rotatable bonds is 8. The molecular weight excluding hydrogens is 457 g/mol. The average Bonchev–Trinajstić information content (AvgIpc) is 3.25. The number of aryl methyl sites for hydroxylation is 1. The van der Waals surface area contributed by atoms with Crippen molar-refractivity contribution in [3.8, 4) is 0 Å². The fraction of sp³-hybridized carbons (Fsp3) is 0.417. The highest BCUT2D eigenvalue weighted by Gasteiger charge is 2.32. The van der Waals surface area contributed by atoms with E-state index in [2.05, 4.69) is 0 Å². The van der Waals surface area contributed by atoms with Gasteiger partial charge >= 0.3 is 6.09 Å². The van der Waals surface area contributed by atoms with Crippen molar-refractivity contribution in [2.45, 2.75) is 25.4 Å². The maximum atomic E-state index is 14.9. The van der Waals surface area contributed by atoms with Crippen LogP contribution < -0.4 is 15.5 Å². The number of nitrogens with zero attached hydrogens (tertiary/aromatic N) is 4. The van der Waals surface area contributed by atoms with Crippen LogP contribution >= 0.6 is 0 Å². The van der Waals surface area contributed by atoms with Crippen LogP contribution in [0.25, 0.3) is 0 Å². The number of nitro benzene ring substituents is 1. The van der Waals surface area contributed by atoms with Crippen LogP contribution in [0.1, 0.15) is 18.4 Å². The quantitative estimate of drug-likeness (QED) is 0.451. The smallest absolute Gasteiger partial charge is 0.414 e. The Balaban J connectivity index is 1.25. The van der Waals surface area contributed by atoms with Crippen molar-refractivity contribution < 1.29 is 23.6 Å². The van der Waals surface area contributed by atoms with Gasteiger partial charge in [0.15, 0.2) is 0 Å². The fourth-order valence-electron chi connectivity index (χ4n) is 4.36. The average molecular weight is 486 g/mol. The Morgan fingerprint density at radius 3 is 2.46 bits per heavy atom. The molecule has 2 N–H and O–H groups in total. The molecule has 11 heteroatoms. The topological polar surface area (TPSA) is 122 Å². The second kappa shape index (κ2) is 10.7. The minimum atomic E-state index is -0.534. The lowest BCUT2D eigenvalue weighted by Gasteiger charge is -2.36. The third kappa shape index (κ3) is 5.68. The molecule has 0 aromatic heterocycles. The van der Waals surface area contributed by atoms with Crippen LogP contribution in [0.15, 0.2) is 42.5 Å². The highest BCUT2D eigenvalue weighted by Crippen LogP contribution is 2.28. The number of anilines is 2. The van der Waals surface area contributed by atoms with E-state index in [9.17, 15) is 24.1 Å². The van der Waals surface area contributed by atoms with Gasteiger partial charge in [-0.25, -0.2) is 9.18 Å². The Morgan fingerprint density at radius 1 is 1.14 bits per heavy atom. The number of non-ortho nitro benzene ring substituents is 1. The Bertz CT molecular complexity index is 1090. The summed E-state index contributed by atoms with van der Waals surface area (Å²) in [6, 6.07) is 11.0. The van der Waals surface area contributed by atoms with Crippen LogP contribution in [-0.4, -0.2) is 67.2 Å². The molecule has 2 saturated heterocycles. The zero-order chi connectivity index (χ0) is 24.9. The number of amides is 2. The van der Waals surface area contributed by atoms with Crippen LogP contribution in [0.2, 0.25) is 0 Å². The number of nitro groups is 1. The highest BCUT2D eigenvalue weighted by molar-refractivity contribution is 5.90. The number of carbonyl (C=O) groups is 2. The number of halogens is 1. The van der Waals surface area contributed by atoms with Crippen molar-refractivity contribution in [2.24, 2.45) is 5.73 Å². The van der Waals surface area contributed by atoms with E-state index in [-0.39, 0.29) is 18.1 Å². The minimum absolute atomic E-state index is 0.0457. The van der Waals surface area contributed by atoms with E-state index in [0.717, 1.165) is 5.56 Å². The van der Waals surface area contributed by atoms with E-state index < -0.39 is 22.9 Å². The molecule has 1 unspecified atom stereocenters. The van der Waals surface area contributed by atoms with E-state index in [1.165, 1.54) is 23.1 Å². The third-order valence-corrected chi connectivity index (χ3v) is 6.36. The SMILES string of the molecule is NCC1CN(c2ccc(N3CCN(C(=O)CCCc4ccc([N+](=O)[O-])cc4)CC3)c(F)c2)C(=O)O1. The van der Waals surface area contributed by atoms with Crippen LogP contribution in [0, 0.1) is 15.9 Å². The molecule has 2 amide bonds. The largest absolute Gasteiger partial charge is 0.443 e. The zero-order valence-corrected chi connectivity index (χ0v) is 19.3. The van der Waals surface area contributed by atoms with Gasteiger partial charge in [-0.3, -0.25) is 19.8 Å². The fourth-order valence-corrected chi connectivity index (χ4v) is 4.36. The minimum Gasteiger partial charge on any atom is -0.443 e. The van der Waals surface area contributed by atoms with Crippen molar-refractivity contribution in [1.82, 2.24) is 4.90 Å². The number of hydrogen-bond donors (Lipinski definition) is 1. The first-order valence-corrected chi connectivity index (χ1v) is 11.6. The maximum absolute atomic E-state index is 14.9. The summed E-state index contributed by atoms with van der Waals surface area (Å²) >= 11 is 0. The number of hydrogen-bond acceptors (Lipinski definition) is 7. The second-order valence-electron chi connectivity index (χ2n) is 8.63. The monoisotopic (exact) mass is 485 g/mol. The molecule has 2 aliphatic rings. The van der Waals surface area contributed by atoms with Gasteiger partial charge in [-0.2, -0.15) is 0 Å². The number of carbonyl (C=O) groups excluding carboxylic acids is 2. The molecule has 1 atom stereocenters. The van der Waals surface area contributed by atoms with Gasteiger partial charge in [-0.1, -0.05) is 12.1 Å². The molecule has 2 heterocycles. The summed E-state index contributed by atoms with van der Waals surface area (Å²) in [5.74, 6) is -0.390. The first-order valence-electron chi connectivity index (χ1n) is 11.6. The summed E-state index contributed by atoms with van der Waals surface area (Å²) in [7, 11) is 0. The second-order valence-corrected chi connectivity index (χ2v) is 8.63. The molecule has 186 valence electrons. The van der Waals surface area contributed by atoms with Crippen molar-refractivity contribution in [3.05, 3.63) is 64.0 Å². The van der Waals surface area contributed by atoms with E-state index in [4.69, 9.17) is 10.5 Å². The van der Waals surface area contributed by atoms with Crippen LogP contribution in [-0.2, 0) is 16.0 Å². The summed E-state index contributed by atoms with van der Waals surface area (Å²) in [6.07, 6.45) is 0.767. The summed E-state index contributed by atoms with van der Waals surface area (Å²) < 4.78 is 20.0. The molecule has 2 aromatic rings. The molecule has 2 aliphatic heterocycles. The van der Waals surface area contributed by atoms with Crippen LogP contribution in [0.3, 0.4) is 0 Å². The molecule has 0 bridgehead atoms. The summed E-state index contributed by atoms with van der Waals surface area (Å²) in [4.78, 5) is 39.9. The first kappa shape index (κ1) is 24.4. The molecule has 0 aliphatic carbocycles. The van der Waals surface area contributed by atoms with Gasteiger partial charge in [0.2, 0.25) is 5.91 Å². The van der Waals surface area contributed by atoms with Crippen molar-refractivity contribution >= 4 is 29.1 Å². The molecule has 0 spiro atoms. The Hall–Kier alpha value is -3.73. The first-order chi connectivity index (χ1) is 16.9. The Kier molecular flexibility index (Phi) is 7.45. The lowest BCUT2D eigenvalue weighted by molar-refractivity contribution is -0.384. The van der Waals surface area contributed by atoms with Gasteiger partial charge in [-0.15, -0.1) is 0 Å². The van der Waals surface area contributed by atoms with E-state index >= 15 is 0 Å². The standard InChI is InChI=1S/C24H28FN5O5/c25-21-14-19(29-16-20(15-26)35-24(29)32)8-9-22(21)27-10-12-28(13-11-27)23(31)3-1-2-17-4-6-18(7-5-17)30(33)34/h4-9,14,20H,1-3,10-13,15-16,26H2. The van der Waals surface area contributed by atoms with Gasteiger partial charge < -0.3 is 20.3 Å². The normalized spacial score (nSPS) is 18.1. The van der Waals surface area contributed by atoms with Gasteiger partial charge in [-0.05, 0) is 36.6 Å². The molecule has 2 fully saturated rings. The van der Waals surface area contributed by atoms with Gasteiger partial charge in [0.1, 0.15) is 11.9 Å². The molecular formula is C24H28FN5O5. The van der Waals surface area contributed by atoms with Crippen LogP contribution in [0.5, 0.6) is 0 Å². The van der Waals surface area contributed by atoms with Gasteiger partial charge in [0.25, 0.3) is 5.69 Å². The van der Waals surface area contributed by atoms with E-state index in [0.29, 0.717) is 63.4 Å². The van der Waals surface area contributed by atoms with Crippen molar-refractivity contribution in [3.63, 3.8) is 0 Å². The summed E-state index contributed by atoms with van der Waals surface area (Å²) in [5.41, 5.74) is 7.41. The Morgan fingerprint density at radius 2 is 1.86 bits per heavy atom.